The lowest BCUT2D eigenvalue weighted by molar-refractivity contribution is 0.154. The average Bonchev–Trinajstić information content (AvgIpc) is 3.16. The number of ether oxygens (including phenoxy) is 2. The van der Waals surface area contributed by atoms with Gasteiger partial charge in [-0.25, -0.2) is 4.79 Å². The second-order valence-corrected chi connectivity index (χ2v) is 9.08. The molecule has 1 aliphatic carbocycles. The van der Waals surface area contributed by atoms with Crippen molar-refractivity contribution in [2.45, 2.75) is 49.6 Å². The number of carbonyl (C=O) groups is 1. The van der Waals surface area contributed by atoms with E-state index in [1.165, 1.54) is 11.1 Å². The molecule has 2 aliphatic rings. The number of urea groups is 1. The van der Waals surface area contributed by atoms with E-state index in [1.54, 1.807) is 14.2 Å². The van der Waals surface area contributed by atoms with Crippen LogP contribution in [0.3, 0.4) is 0 Å². The number of fused-ring (bicyclic) bond motifs is 1. The normalized spacial score (nSPS) is 25.1. The molecule has 1 saturated heterocycles. The van der Waals surface area contributed by atoms with Crippen molar-refractivity contribution in [2.24, 2.45) is 0 Å². The fourth-order valence-corrected chi connectivity index (χ4v) is 5.60. The summed E-state index contributed by atoms with van der Waals surface area (Å²) in [5, 5.41) is 6.25. The molecule has 2 N–H and O–H groups in total. The van der Waals surface area contributed by atoms with Crippen LogP contribution in [0.25, 0.3) is 0 Å². The summed E-state index contributed by atoms with van der Waals surface area (Å²) in [6.07, 6.45) is 4.94. The van der Waals surface area contributed by atoms with E-state index in [1.807, 2.05) is 24.3 Å². The van der Waals surface area contributed by atoms with Crippen LogP contribution in [0.2, 0.25) is 0 Å². The molecule has 1 saturated carbocycles. The Morgan fingerprint density at radius 2 is 1.88 bits per heavy atom. The van der Waals surface area contributed by atoms with E-state index in [2.05, 4.69) is 46.8 Å². The van der Waals surface area contributed by atoms with Gasteiger partial charge in [-0.15, -0.1) is 0 Å². The van der Waals surface area contributed by atoms with Gasteiger partial charge in [-0.2, -0.15) is 0 Å². The molecular weight excluding hydrogens is 402 g/mol. The fraction of sp³-hybridized carbons (Fsp3) is 0.500. The number of nitrogens with one attached hydrogen (secondary N) is 2. The molecule has 0 spiro atoms. The number of benzene rings is 2. The highest BCUT2D eigenvalue weighted by molar-refractivity contribution is 5.74. The lowest BCUT2D eigenvalue weighted by Gasteiger charge is -2.45. The van der Waals surface area contributed by atoms with Crippen molar-refractivity contribution >= 4 is 6.03 Å². The highest BCUT2D eigenvalue weighted by Crippen LogP contribution is 2.49. The van der Waals surface area contributed by atoms with Crippen LogP contribution in [0.1, 0.15) is 36.8 Å². The molecule has 172 valence electrons. The van der Waals surface area contributed by atoms with Gasteiger partial charge in [0.2, 0.25) is 0 Å². The van der Waals surface area contributed by atoms with Crippen molar-refractivity contribution in [3.05, 3.63) is 59.7 Å². The largest absolute Gasteiger partial charge is 0.493 e. The number of carbonyl (C=O) groups excluding carboxylic acids is 1. The molecule has 1 heterocycles. The minimum absolute atomic E-state index is 0.0646. The lowest BCUT2D eigenvalue weighted by atomic mass is 9.65. The van der Waals surface area contributed by atoms with Gasteiger partial charge in [0.05, 0.1) is 14.2 Å². The van der Waals surface area contributed by atoms with Crippen molar-refractivity contribution < 1.29 is 14.3 Å². The summed E-state index contributed by atoms with van der Waals surface area (Å²) in [7, 11) is 5.56. The van der Waals surface area contributed by atoms with Crippen LogP contribution in [0, 0.1) is 0 Å². The molecule has 2 fully saturated rings. The Labute approximate surface area is 191 Å². The highest BCUT2D eigenvalue weighted by Gasteiger charge is 2.50. The van der Waals surface area contributed by atoms with E-state index in [9.17, 15) is 4.79 Å². The topological polar surface area (TPSA) is 62.8 Å². The number of rotatable bonds is 7. The smallest absolute Gasteiger partial charge is 0.315 e. The molecule has 32 heavy (non-hydrogen) atoms. The second-order valence-electron chi connectivity index (χ2n) is 9.08. The number of likely N-dealkylation sites (N-methyl/N-ethyl adjacent to an activating group) is 1. The minimum Gasteiger partial charge on any atom is -0.493 e. The summed E-state index contributed by atoms with van der Waals surface area (Å²) >= 11 is 0. The first-order valence-electron chi connectivity index (χ1n) is 11.6. The first-order chi connectivity index (χ1) is 15.6. The molecule has 0 bridgehead atoms. The van der Waals surface area contributed by atoms with E-state index in [0.717, 1.165) is 50.1 Å². The van der Waals surface area contributed by atoms with Gasteiger partial charge in [-0.1, -0.05) is 36.4 Å². The summed E-state index contributed by atoms with van der Waals surface area (Å²) in [4.78, 5) is 15.0. The predicted molar refractivity (Wildman–Crippen MR) is 127 cm³/mol. The quantitative estimate of drug-likeness (QED) is 0.693. The molecule has 0 unspecified atom stereocenters. The monoisotopic (exact) mass is 437 g/mol. The summed E-state index contributed by atoms with van der Waals surface area (Å²) in [6.45, 7) is 1.70. The number of hydrogen-bond acceptors (Lipinski definition) is 4. The van der Waals surface area contributed by atoms with Gasteiger partial charge >= 0.3 is 6.03 Å². The Kier molecular flexibility index (Phi) is 6.89. The van der Waals surface area contributed by atoms with Crippen LogP contribution in [-0.2, 0) is 11.8 Å². The van der Waals surface area contributed by atoms with E-state index in [0.29, 0.717) is 12.6 Å². The lowest BCUT2D eigenvalue weighted by Crippen LogP contribution is -2.53. The van der Waals surface area contributed by atoms with Crippen molar-refractivity contribution in [1.82, 2.24) is 15.5 Å². The highest BCUT2D eigenvalue weighted by atomic mass is 16.5. The Morgan fingerprint density at radius 3 is 2.62 bits per heavy atom. The van der Waals surface area contributed by atoms with E-state index in [4.69, 9.17) is 9.47 Å². The first kappa shape index (κ1) is 22.5. The predicted octanol–water partition coefficient (Wildman–Crippen LogP) is 3.74. The maximum absolute atomic E-state index is 12.5. The Balaban J connectivity index is 1.38. The van der Waals surface area contributed by atoms with Crippen LogP contribution < -0.4 is 20.1 Å². The van der Waals surface area contributed by atoms with Crippen molar-refractivity contribution in [1.29, 1.82) is 0 Å². The maximum Gasteiger partial charge on any atom is 0.315 e. The van der Waals surface area contributed by atoms with Crippen molar-refractivity contribution in [2.75, 3.05) is 34.4 Å². The average molecular weight is 438 g/mol. The third-order valence-electron chi connectivity index (χ3n) is 7.36. The zero-order valence-corrected chi connectivity index (χ0v) is 19.4. The molecule has 0 aromatic heterocycles. The van der Waals surface area contributed by atoms with E-state index in [-0.39, 0.29) is 17.5 Å². The summed E-state index contributed by atoms with van der Waals surface area (Å²) in [5.41, 5.74) is 2.64. The minimum atomic E-state index is -0.0646. The van der Waals surface area contributed by atoms with Gasteiger partial charge < -0.3 is 25.0 Å². The van der Waals surface area contributed by atoms with E-state index < -0.39 is 0 Å². The van der Waals surface area contributed by atoms with Crippen LogP contribution in [-0.4, -0.2) is 57.4 Å². The standard InChI is InChI=1S/C26H35N3O3/c1-29-16-14-26(20-9-10-22(31-2)23(17-20)32-3)13-11-21(18-24(26)29)28-25(30)27-15-12-19-7-5-4-6-8-19/h4-10,17,21,24H,11-16,18H2,1-3H3,(H2,27,28,30)/t21-,24+,26-/m0/s1. The number of amides is 2. The number of methoxy groups -OCH3 is 2. The molecule has 4 rings (SSSR count). The van der Waals surface area contributed by atoms with Gasteiger partial charge in [0.15, 0.2) is 11.5 Å². The van der Waals surface area contributed by atoms with Gasteiger partial charge in [-0.3, -0.25) is 0 Å². The zero-order valence-electron chi connectivity index (χ0n) is 19.4. The van der Waals surface area contributed by atoms with Crippen LogP contribution in [0.15, 0.2) is 48.5 Å². The second kappa shape index (κ2) is 9.82. The third kappa shape index (κ3) is 4.56. The third-order valence-corrected chi connectivity index (χ3v) is 7.36. The fourth-order valence-electron chi connectivity index (χ4n) is 5.60. The molecule has 3 atom stereocenters. The molecule has 2 aromatic rings. The van der Waals surface area contributed by atoms with Crippen LogP contribution >= 0.6 is 0 Å². The Morgan fingerprint density at radius 1 is 1.09 bits per heavy atom. The summed E-state index contributed by atoms with van der Waals surface area (Å²) < 4.78 is 11.0. The first-order valence-corrected chi connectivity index (χ1v) is 11.6. The van der Waals surface area contributed by atoms with Gasteiger partial charge in [0.1, 0.15) is 0 Å². The summed E-state index contributed by atoms with van der Waals surface area (Å²) in [6, 6.07) is 17.1. The molecular formula is C26H35N3O3. The van der Waals surface area contributed by atoms with Crippen LogP contribution in [0.4, 0.5) is 4.79 Å². The molecule has 6 heteroatoms. The molecule has 2 amide bonds. The molecule has 1 aliphatic heterocycles. The number of likely N-dealkylation sites (tertiary alicyclic amines) is 1. The van der Waals surface area contributed by atoms with Crippen LogP contribution in [0.5, 0.6) is 11.5 Å². The Hall–Kier alpha value is -2.73. The van der Waals surface area contributed by atoms with Gasteiger partial charge in [-0.05, 0) is 69.0 Å². The maximum atomic E-state index is 12.5. The SMILES string of the molecule is COc1ccc([C@@]23CC[C@H](NC(=O)NCCc4ccccc4)C[C@H]2N(C)CC3)cc1OC. The van der Waals surface area contributed by atoms with Gasteiger partial charge in [0.25, 0.3) is 0 Å². The van der Waals surface area contributed by atoms with Crippen molar-refractivity contribution in [3.8, 4) is 11.5 Å². The van der Waals surface area contributed by atoms with Crippen molar-refractivity contribution in [3.63, 3.8) is 0 Å². The van der Waals surface area contributed by atoms with E-state index >= 15 is 0 Å². The molecule has 0 radical (unpaired) electrons. The number of hydrogen-bond donors (Lipinski definition) is 2. The molecule has 6 nitrogen and oxygen atoms in total. The van der Waals surface area contributed by atoms with Gasteiger partial charge in [0, 0.05) is 24.0 Å². The Bertz CT molecular complexity index is 920. The molecule has 2 aromatic carbocycles. The number of nitrogens with zero attached hydrogens (tertiary/aromatic N) is 1. The summed E-state index contributed by atoms with van der Waals surface area (Å²) in [5.74, 6) is 1.55. The zero-order chi connectivity index (χ0) is 22.6.